The Morgan fingerprint density at radius 3 is 2.50 bits per heavy atom. The van der Waals surface area contributed by atoms with Crippen molar-refractivity contribution in [3.8, 4) is 0 Å². The van der Waals surface area contributed by atoms with Crippen LogP contribution in [0.4, 0.5) is 0 Å². The van der Waals surface area contributed by atoms with Crippen molar-refractivity contribution in [2.75, 3.05) is 52.9 Å². The molecule has 0 aromatic carbocycles. The van der Waals surface area contributed by atoms with Gasteiger partial charge in [-0.25, -0.2) is 0 Å². The van der Waals surface area contributed by atoms with E-state index in [9.17, 15) is 4.79 Å². The van der Waals surface area contributed by atoms with Crippen LogP contribution in [0, 0.1) is 0 Å². The van der Waals surface area contributed by atoms with Crippen LogP contribution in [0.5, 0.6) is 0 Å². The predicted octanol–water partition coefficient (Wildman–Crippen LogP) is -1.21. The van der Waals surface area contributed by atoms with Gasteiger partial charge in [0.05, 0.1) is 6.54 Å². The Balaban J connectivity index is 1.75. The maximum Gasteiger partial charge on any atom is 0.236 e. The highest BCUT2D eigenvalue weighted by Gasteiger charge is 2.24. The summed E-state index contributed by atoms with van der Waals surface area (Å²) in [4.78, 5) is 18.4. The van der Waals surface area contributed by atoms with E-state index >= 15 is 0 Å². The average Bonchev–Trinajstić information content (AvgIpc) is 2.65. The Morgan fingerprint density at radius 1 is 1.25 bits per heavy atom. The van der Waals surface area contributed by atoms with Crippen molar-refractivity contribution >= 4 is 5.91 Å². The summed E-state index contributed by atoms with van der Waals surface area (Å²) in [6, 6.07) is 0.264. The molecule has 0 radical (unpaired) electrons. The van der Waals surface area contributed by atoms with Gasteiger partial charge in [-0.1, -0.05) is 0 Å². The zero-order valence-corrected chi connectivity index (χ0v) is 10.1. The summed E-state index contributed by atoms with van der Waals surface area (Å²) in [5.41, 5.74) is 5.82. The van der Waals surface area contributed by atoms with E-state index in [0.29, 0.717) is 6.54 Å². The van der Waals surface area contributed by atoms with Gasteiger partial charge in [-0.05, 0) is 13.5 Å². The van der Waals surface area contributed by atoms with Crippen LogP contribution in [0.2, 0.25) is 0 Å². The fourth-order valence-electron chi connectivity index (χ4n) is 2.35. The van der Waals surface area contributed by atoms with Crippen LogP contribution >= 0.6 is 0 Å². The lowest BCUT2D eigenvalue weighted by Crippen LogP contribution is -2.50. The lowest BCUT2D eigenvalue weighted by Gasteiger charge is -2.33. The van der Waals surface area contributed by atoms with Crippen LogP contribution in [0.3, 0.4) is 0 Å². The molecule has 2 rings (SSSR count). The van der Waals surface area contributed by atoms with Crippen molar-refractivity contribution < 1.29 is 4.79 Å². The second-order valence-electron chi connectivity index (χ2n) is 4.97. The molecule has 2 aliphatic rings. The van der Waals surface area contributed by atoms with Gasteiger partial charge in [0.25, 0.3) is 0 Å². The molecule has 2 aliphatic heterocycles. The number of hydrogen-bond donors (Lipinski definition) is 1. The molecule has 0 bridgehead atoms. The van der Waals surface area contributed by atoms with Crippen LogP contribution in [0.15, 0.2) is 0 Å². The van der Waals surface area contributed by atoms with E-state index in [2.05, 4.69) is 16.8 Å². The van der Waals surface area contributed by atoms with Gasteiger partial charge in [0.1, 0.15) is 0 Å². The van der Waals surface area contributed by atoms with E-state index in [1.165, 1.54) is 0 Å². The fraction of sp³-hybridized carbons (Fsp3) is 0.909. The summed E-state index contributed by atoms with van der Waals surface area (Å²) < 4.78 is 0. The third kappa shape index (κ3) is 2.93. The summed E-state index contributed by atoms with van der Waals surface area (Å²) in [7, 11) is 2.10. The topological polar surface area (TPSA) is 52.8 Å². The molecule has 16 heavy (non-hydrogen) atoms. The van der Waals surface area contributed by atoms with Gasteiger partial charge < -0.3 is 15.5 Å². The van der Waals surface area contributed by atoms with Gasteiger partial charge in [-0.15, -0.1) is 0 Å². The van der Waals surface area contributed by atoms with Crippen molar-refractivity contribution in [3.63, 3.8) is 0 Å². The van der Waals surface area contributed by atoms with Crippen molar-refractivity contribution in [1.82, 2.24) is 14.7 Å². The van der Waals surface area contributed by atoms with Gasteiger partial charge >= 0.3 is 0 Å². The quantitative estimate of drug-likeness (QED) is 0.642. The molecular formula is C11H22N4O. The van der Waals surface area contributed by atoms with Crippen LogP contribution in [-0.4, -0.2) is 79.5 Å². The third-order valence-corrected chi connectivity index (χ3v) is 3.52. The van der Waals surface area contributed by atoms with Gasteiger partial charge in [0, 0.05) is 45.3 Å². The lowest BCUT2D eigenvalue weighted by molar-refractivity contribution is -0.133. The standard InChI is InChI=1S/C11H22N4O/c1-13-4-6-15(7-5-13)11(16)9-14-3-2-10(12)8-14/h10H,2-9,12H2,1H3. The monoisotopic (exact) mass is 226 g/mol. The molecule has 1 unspecified atom stereocenters. The smallest absolute Gasteiger partial charge is 0.236 e. The van der Waals surface area contributed by atoms with Crippen molar-refractivity contribution in [2.45, 2.75) is 12.5 Å². The van der Waals surface area contributed by atoms with E-state index in [1.54, 1.807) is 0 Å². The van der Waals surface area contributed by atoms with E-state index < -0.39 is 0 Å². The van der Waals surface area contributed by atoms with E-state index in [1.807, 2.05) is 4.90 Å². The molecule has 1 amide bonds. The molecule has 5 nitrogen and oxygen atoms in total. The minimum absolute atomic E-state index is 0.264. The maximum atomic E-state index is 12.0. The van der Waals surface area contributed by atoms with E-state index in [4.69, 9.17) is 5.73 Å². The number of nitrogens with two attached hydrogens (primary N) is 1. The molecule has 2 saturated heterocycles. The highest BCUT2D eigenvalue weighted by Crippen LogP contribution is 2.08. The summed E-state index contributed by atoms with van der Waals surface area (Å²) in [6.45, 7) is 6.12. The molecule has 5 heteroatoms. The first-order valence-corrected chi connectivity index (χ1v) is 6.09. The summed E-state index contributed by atoms with van der Waals surface area (Å²) in [5, 5.41) is 0. The third-order valence-electron chi connectivity index (χ3n) is 3.52. The van der Waals surface area contributed by atoms with Gasteiger partial charge in [-0.2, -0.15) is 0 Å². The van der Waals surface area contributed by atoms with Gasteiger partial charge in [0.2, 0.25) is 5.91 Å². The minimum Gasteiger partial charge on any atom is -0.339 e. The maximum absolute atomic E-state index is 12.0. The van der Waals surface area contributed by atoms with Gasteiger partial charge in [-0.3, -0.25) is 9.69 Å². The number of carbonyl (C=O) groups is 1. The number of rotatable bonds is 2. The largest absolute Gasteiger partial charge is 0.339 e. The molecule has 1 atom stereocenters. The van der Waals surface area contributed by atoms with Crippen LogP contribution in [0.25, 0.3) is 0 Å². The molecule has 0 aromatic rings. The second-order valence-corrected chi connectivity index (χ2v) is 4.97. The average molecular weight is 226 g/mol. The number of nitrogens with zero attached hydrogens (tertiary/aromatic N) is 3. The second kappa shape index (κ2) is 5.12. The minimum atomic E-state index is 0.264. The SMILES string of the molecule is CN1CCN(C(=O)CN2CCC(N)C2)CC1. The number of likely N-dealkylation sites (tertiary alicyclic amines) is 1. The number of piperazine rings is 1. The molecule has 0 aliphatic carbocycles. The Hall–Kier alpha value is -0.650. The molecule has 0 saturated carbocycles. The predicted molar refractivity (Wildman–Crippen MR) is 63.1 cm³/mol. The Kier molecular flexibility index (Phi) is 3.78. The van der Waals surface area contributed by atoms with Crippen LogP contribution < -0.4 is 5.73 Å². The number of carbonyl (C=O) groups excluding carboxylic acids is 1. The molecule has 0 spiro atoms. The number of amides is 1. The van der Waals surface area contributed by atoms with E-state index in [-0.39, 0.29) is 11.9 Å². The fourth-order valence-corrected chi connectivity index (χ4v) is 2.35. The number of likely N-dealkylation sites (N-methyl/N-ethyl adjacent to an activating group) is 1. The van der Waals surface area contributed by atoms with Crippen molar-refractivity contribution in [1.29, 1.82) is 0 Å². The lowest BCUT2D eigenvalue weighted by atomic mass is 10.3. The molecule has 2 heterocycles. The molecule has 2 fully saturated rings. The molecule has 92 valence electrons. The molecule has 2 N–H and O–H groups in total. The summed E-state index contributed by atoms with van der Waals surface area (Å²) >= 11 is 0. The van der Waals surface area contributed by atoms with Crippen LogP contribution in [0.1, 0.15) is 6.42 Å². The van der Waals surface area contributed by atoms with Crippen LogP contribution in [-0.2, 0) is 4.79 Å². The van der Waals surface area contributed by atoms with Crippen molar-refractivity contribution in [2.24, 2.45) is 5.73 Å². The highest BCUT2D eigenvalue weighted by atomic mass is 16.2. The first kappa shape index (κ1) is 11.8. The highest BCUT2D eigenvalue weighted by molar-refractivity contribution is 5.78. The van der Waals surface area contributed by atoms with Gasteiger partial charge in [0.15, 0.2) is 0 Å². The Labute approximate surface area is 97.2 Å². The normalized spacial score (nSPS) is 28.6. The Morgan fingerprint density at radius 2 is 1.94 bits per heavy atom. The first-order chi connectivity index (χ1) is 7.65. The number of hydrogen-bond acceptors (Lipinski definition) is 4. The summed E-state index contributed by atoms with van der Waals surface area (Å²) in [5.74, 6) is 0.266. The van der Waals surface area contributed by atoms with Crippen molar-refractivity contribution in [3.05, 3.63) is 0 Å². The molecular weight excluding hydrogens is 204 g/mol. The molecule has 0 aromatic heterocycles. The first-order valence-electron chi connectivity index (χ1n) is 6.09. The zero-order chi connectivity index (χ0) is 11.5. The Bertz CT molecular complexity index is 250. The zero-order valence-electron chi connectivity index (χ0n) is 10.1. The summed E-state index contributed by atoms with van der Waals surface area (Å²) in [6.07, 6.45) is 1.02. The van der Waals surface area contributed by atoms with E-state index in [0.717, 1.165) is 45.7 Å².